The summed E-state index contributed by atoms with van der Waals surface area (Å²) in [6.07, 6.45) is -0.975. The molecule has 1 N–H and O–H groups in total. The summed E-state index contributed by atoms with van der Waals surface area (Å²) in [5.41, 5.74) is 1.87. The van der Waals surface area contributed by atoms with Crippen LogP contribution in [0.4, 0.5) is 5.69 Å². The number of nitrogens with one attached hydrogen (secondary N) is 1. The molecule has 0 spiro atoms. The predicted molar refractivity (Wildman–Crippen MR) is 97.5 cm³/mol. The number of amides is 1. The Balaban J connectivity index is 1.67. The fourth-order valence-corrected chi connectivity index (χ4v) is 2.55. The smallest absolute Gasteiger partial charge is 0.375 e. The van der Waals surface area contributed by atoms with Gasteiger partial charge in [0.15, 0.2) is 6.10 Å². The van der Waals surface area contributed by atoms with Gasteiger partial charge in [0.05, 0.1) is 7.11 Å². The van der Waals surface area contributed by atoms with Crippen LogP contribution < -0.4 is 10.1 Å². The van der Waals surface area contributed by atoms with E-state index in [1.807, 2.05) is 18.2 Å². The third kappa shape index (κ3) is 3.54. The molecule has 134 valence electrons. The van der Waals surface area contributed by atoms with Gasteiger partial charge in [-0.2, -0.15) is 0 Å². The van der Waals surface area contributed by atoms with Crippen molar-refractivity contribution in [2.45, 2.75) is 20.0 Å². The minimum Gasteiger partial charge on any atom is -0.497 e. The Kier molecular flexibility index (Phi) is 4.93. The van der Waals surface area contributed by atoms with Gasteiger partial charge >= 0.3 is 5.97 Å². The second kappa shape index (κ2) is 7.31. The second-order valence-corrected chi connectivity index (χ2v) is 5.82. The van der Waals surface area contributed by atoms with Crippen molar-refractivity contribution >= 4 is 28.5 Å². The topological polar surface area (TPSA) is 77.8 Å². The third-order valence-corrected chi connectivity index (χ3v) is 4.04. The van der Waals surface area contributed by atoms with Gasteiger partial charge in [-0.3, -0.25) is 4.79 Å². The Morgan fingerprint density at radius 2 is 1.77 bits per heavy atom. The fraction of sp³-hybridized carbons (Fsp3) is 0.200. The molecule has 6 nitrogen and oxygen atoms in total. The quantitative estimate of drug-likeness (QED) is 0.703. The number of benzene rings is 2. The van der Waals surface area contributed by atoms with E-state index in [4.69, 9.17) is 13.9 Å². The normalized spacial score (nSPS) is 11.8. The number of esters is 1. The van der Waals surface area contributed by atoms with E-state index >= 15 is 0 Å². The molecule has 2 aromatic carbocycles. The van der Waals surface area contributed by atoms with Crippen LogP contribution in [0.3, 0.4) is 0 Å². The maximum atomic E-state index is 12.4. The van der Waals surface area contributed by atoms with Crippen molar-refractivity contribution in [1.82, 2.24) is 0 Å². The number of hydrogen-bond acceptors (Lipinski definition) is 5. The zero-order valence-corrected chi connectivity index (χ0v) is 14.7. The van der Waals surface area contributed by atoms with E-state index in [-0.39, 0.29) is 5.76 Å². The summed E-state index contributed by atoms with van der Waals surface area (Å²) >= 11 is 0. The number of rotatable bonds is 5. The van der Waals surface area contributed by atoms with Gasteiger partial charge in [-0.25, -0.2) is 4.79 Å². The third-order valence-electron chi connectivity index (χ3n) is 4.04. The molecule has 0 aliphatic heterocycles. The molecular weight excluding hydrogens is 334 g/mol. The molecule has 0 unspecified atom stereocenters. The molecule has 0 radical (unpaired) electrons. The van der Waals surface area contributed by atoms with Crippen LogP contribution in [0.15, 0.2) is 52.9 Å². The van der Waals surface area contributed by atoms with Gasteiger partial charge in [-0.05, 0) is 44.2 Å². The average molecular weight is 353 g/mol. The number of fused-ring (bicyclic) bond motifs is 1. The zero-order chi connectivity index (χ0) is 18.7. The van der Waals surface area contributed by atoms with Crippen molar-refractivity contribution in [2.75, 3.05) is 12.4 Å². The van der Waals surface area contributed by atoms with E-state index in [1.165, 1.54) is 6.92 Å². The van der Waals surface area contributed by atoms with Crippen LogP contribution in [0, 0.1) is 6.92 Å². The Bertz CT molecular complexity index is 942. The first kappa shape index (κ1) is 17.5. The summed E-state index contributed by atoms with van der Waals surface area (Å²) in [6.45, 7) is 3.29. The van der Waals surface area contributed by atoms with Gasteiger partial charge in [0.25, 0.3) is 5.91 Å². The van der Waals surface area contributed by atoms with Crippen LogP contribution in [0.5, 0.6) is 5.75 Å². The highest BCUT2D eigenvalue weighted by atomic mass is 16.6. The maximum Gasteiger partial charge on any atom is 0.375 e. The molecule has 0 aliphatic rings. The molecule has 3 rings (SSSR count). The monoisotopic (exact) mass is 353 g/mol. The molecule has 3 aromatic rings. The summed E-state index contributed by atoms with van der Waals surface area (Å²) in [7, 11) is 1.56. The van der Waals surface area contributed by atoms with Crippen molar-refractivity contribution in [2.24, 2.45) is 0 Å². The van der Waals surface area contributed by atoms with Gasteiger partial charge in [-0.15, -0.1) is 0 Å². The molecular formula is C20H19NO5. The van der Waals surface area contributed by atoms with Gasteiger partial charge in [0.2, 0.25) is 5.76 Å². The molecule has 1 amide bonds. The summed E-state index contributed by atoms with van der Waals surface area (Å²) in [4.78, 5) is 24.6. The molecule has 0 saturated carbocycles. The highest BCUT2D eigenvalue weighted by Gasteiger charge is 2.24. The van der Waals surface area contributed by atoms with Crippen LogP contribution in [-0.4, -0.2) is 25.1 Å². The minimum atomic E-state index is -0.975. The number of hydrogen-bond donors (Lipinski definition) is 1. The minimum absolute atomic E-state index is 0.107. The lowest BCUT2D eigenvalue weighted by Gasteiger charge is -2.13. The van der Waals surface area contributed by atoms with Crippen LogP contribution in [0.2, 0.25) is 0 Å². The van der Waals surface area contributed by atoms with Crippen molar-refractivity contribution in [1.29, 1.82) is 0 Å². The van der Waals surface area contributed by atoms with Crippen molar-refractivity contribution in [3.8, 4) is 5.75 Å². The lowest BCUT2D eigenvalue weighted by atomic mass is 10.1. The lowest BCUT2D eigenvalue weighted by Crippen LogP contribution is -2.30. The molecule has 0 aliphatic carbocycles. The first-order valence-electron chi connectivity index (χ1n) is 8.13. The number of aryl methyl sites for hydroxylation is 1. The van der Waals surface area contributed by atoms with E-state index in [1.54, 1.807) is 44.4 Å². The Labute approximate surface area is 150 Å². The molecule has 26 heavy (non-hydrogen) atoms. The summed E-state index contributed by atoms with van der Waals surface area (Å²) in [5, 5.41) is 3.53. The highest BCUT2D eigenvalue weighted by Crippen LogP contribution is 2.25. The summed E-state index contributed by atoms with van der Waals surface area (Å²) in [5.74, 6) is -0.313. The van der Waals surface area contributed by atoms with Crippen LogP contribution >= 0.6 is 0 Å². The fourth-order valence-electron chi connectivity index (χ4n) is 2.55. The van der Waals surface area contributed by atoms with Gasteiger partial charge < -0.3 is 19.2 Å². The van der Waals surface area contributed by atoms with E-state index in [0.29, 0.717) is 22.6 Å². The first-order valence-corrected chi connectivity index (χ1v) is 8.13. The molecule has 1 aromatic heterocycles. The Morgan fingerprint density at radius 1 is 1.08 bits per heavy atom. The number of furan rings is 1. The number of methoxy groups -OCH3 is 1. The van der Waals surface area contributed by atoms with Crippen molar-refractivity contribution in [3.63, 3.8) is 0 Å². The number of carbonyl (C=O) groups excluding carboxylic acids is 2. The Morgan fingerprint density at radius 3 is 2.42 bits per heavy atom. The zero-order valence-electron chi connectivity index (χ0n) is 14.7. The van der Waals surface area contributed by atoms with E-state index in [2.05, 4.69) is 5.32 Å². The molecule has 0 saturated heterocycles. The average Bonchev–Trinajstić information content (AvgIpc) is 2.99. The van der Waals surface area contributed by atoms with Crippen LogP contribution in [0.1, 0.15) is 23.0 Å². The maximum absolute atomic E-state index is 12.4. The first-order chi connectivity index (χ1) is 12.5. The number of anilines is 1. The van der Waals surface area contributed by atoms with E-state index < -0.39 is 18.0 Å². The second-order valence-electron chi connectivity index (χ2n) is 5.82. The standard InChI is InChI=1S/C20H19NO5/c1-12-16-6-4-5-7-17(16)26-18(12)20(23)25-13(2)19(22)21-14-8-10-15(24-3)11-9-14/h4-11,13H,1-3H3,(H,21,22)/t13-/m0/s1. The van der Waals surface area contributed by atoms with Crippen LogP contribution in [-0.2, 0) is 9.53 Å². The predicted octanol–water partition coefficient (Wildman–Crippen LogP) is 3.93. The number of carbonyl (C=O) groups is 2. The molecule has 1 heterocycles. The Hall–Kier alpha value is -3.28. The van der Waals surface area contributed by atoms with Crippen molar-refractivity contribution in [3.05, 3.63) is 59.9 Å². The van der Waals surface area contributed by atoms with Gasteiger partial charge in [-0.1, -0.05) is 18.2 Å². The van der Waals surface area contributed by atoms with E-state index in [9.17, 15) is 9.59 Å². The molecule has 6 heteroatoms. The van der Waals surface area contributed by atoms with Gasteiger partial charge in [0, 0.05) is 16.6 Å². The number of para-hydroxylation sites is 1. The highest BCUT2D eigenvalue weighted by molar-refractivity contribution is 5.99. The molecule has 0 fully saturated rings. The number of ether oxygens (including phenoxy) is 2. The van der Waals surface area contributed by atoms with E-state index in [0.717, 1.165) is 5.39 Å². The largest absolute Gasteiger partial charge is 0.497 e. The molecule has 0 bridgehead atoms. The SMILES string of the molecule is COc1ccc(NC(=O)[C@H](C)OC(=O)c2oc3ccccc3c2C)cc1. The van der Waals surface area contributed by atoms with Crippen LogP contribution in [0.25, 0.3) is 11.0 Å². The summed E-state index contributed by atoms with van der Waals surface area (Å²) in [6, 6.07) is 14.2. The van der Waals surface area contributed by atoms with Gasteiger partial charge in [0.1, 0.15) is 11.3 Å². The lowest BCUT2D eigenvalue weighted by molar-refractivity contribution is -0.123. The molecule has 1 atom stereocenters. The summed E-state index contributed by atoms with van der Waals surface area (Å²) < 4.78 is 15.9. The van der Waals surface area contributed by atoms with Crippen molar-refractivity contribution < 1.29 is 23.5 Å².